The topological polar surface area (TPSA) is 348 Å². The Hall–Kier alpha value is -4.93. The second-order valence-electron chi connectivity index (χ2n) is 14.2. The highest BCUT2D eigenvalue weighted by atomic mass is 16.4. The van der Waals surface area contributed by atoms with Crippen LogP contribution < -0.4 is 32.7 Å². The largest absolute Gasteiger partial charge is 0.508 e. The lowest BCUT2D eigenvalue weighted by Crippen LogP contribution is -2.60. The van der Waals surface area contributed by atoms with Crippen LogP contribution in [0, 0.1) is 0 Å². The van der Waals surface area contributed by atoms with Gasteiger partial charge in [-0.05, 0) is 57.4 Å². The number of nitrogens with one attached hydrogen (secondary N) is 4. The Morgan fingerprint density at radius 3 is 1.79 bits per heavy atom. The van der Waals surface area contributed by atoms with Crippen LogP contribution in [-0.2, 0) is 40.0 Å². The van der Waals surface area contributed by atoms with Crippen LogP contribution >= 0.6 is 0 Å². The van der Waals surface area contributed by atoms with Crippen molar-refractivity contribution < 1.29 is 64.2 Å². The number of unbranched alkanes of at least 4 members (excludes halogenated alkanes) is 1. The van der Waals surface area contributed by atoms with Crippen molar-refractivity contribution in [2.24, 2.45) is 11.5 Å². The minimum absolute atomic E-state index is 0.100. The molecule has 0 unspecified atom stereocenters. The summed E-state index contributed by atoms with van der Waals surface area (Å²) in [4.78, 5) is 94.3. The van der Waals surface area contributed by atoms with Gasteiger partial charge in [-0.2, -0.15) is 0 Å². The minimum Gasteiger partial charge on any atom is -0.508 e. The van der Waals surface area contributed by atoms with Crippen LogP contribution in [0.4, 0.5) is 0 Å². The Bertz CT molecular complexity index is 1560. The molecule has 21 heteroatoms. The fourth-order valence-corrected chi connectivity index (χ4v) is 6.51. The number of likely N-dealkylation sites (tertiary alicyclic amines) is 2. The molecule has 2 aliphatic rings. The molecule has 21 nitrogen and oxygen atoms in total. The molecule has 56 heavy (non-hydrogen) atoms. The van der Waals surface area contributed by atoms with Gasteiger partial charge >= 0.3 is 5.97 Å². The number of rotatable bonds is 19. The molecule has 0 aromatic heterocycles. The van der Waals surface area contributed by atoms with Crippen LogP contribution in [0.1, 0.15) is 51.5 Å². The fourth-order valence-electron chi connectivity index (χ4n) is 6.51. The van der Waals surface area contributed by atoms with E-state index in [-0.39, 0.29) is 38.0 Å². The number of aliphatic carboxylic acids is 1. The summed E-state index contributed by atoms with van der Waals surface area (Å²) in [5.74, 6) is -6.85. The Morgan fingerprint density at radius 1 is 0.786 bits per heavy atom. The van der Waals surface area contributed by atoms with Gasteiger partial charge in [0.1, 0.15) is 36.0 Å². The zero-order valence-electron chi connectivity index (χ0n) is 31.2. The van der Waals surface area contributed by atoms with E-state index in [1.54, 1.807) is 0 Å². The number of carboxylic acid groups (broad SMARTS) is 1. The number of aliphatic hydroxyl groups excluding tert-OH is 4. The predicted octanol–water partition coefficient (Wildman–Crippen LogP) is -5.27. The van der Waals surface area contributed by atoms with Crippen LogP contribution in [0.2, 0.25) is 0 Å². The number of aliphatic hydroxyl groups is 4. The summed E-state index contributed by atoms with van der Waals surface area (Å²) in [5, 5.41) is 69.8. The second kappa shape index (κ2) is 20.8. The molecule has 0 bridgehead atoms. The van der Waals surface area contributed by atoms with Crippen molar-refractivity contribution in [1.82, 2.24) is 31.1 Å². The van der Waals surface area contributed by atoms with Gasteiger partial charge in [0, 0.05) is 32.4 Å². The van der Waals surface area contributed by atoms with Gasteiger partial charge in [0.05, 0.1) is 31.0 Å². The Balaban J connectivity index is 1.84. The van der Waals surface area contributed by atoms with Gasteiger partial charge < -0.3 is 73.2 Å². The van der Waals surface area contributed by atoms with Crippen LogP contribution in [0.5, 0.6) is 5.75 Å². The second-order valence-corrected chi connectivity index (χ2v) is 14.2. The number of carboxylic acids is 1. The zero-order valence-corrected chi connectivity index (χ0v) is 31.2. The van der Waals surface area contributed by atoms with Gasteiger partial charge in [-0.3, -0.25) is 28.8 Å². The molecule has 0 spiro atoms. The first kappa shape index (κ1) is 45.5. The maximum absolute atomic E-state index is 14.1. The predicted molar refractivity (Wildman–Crippen MR) is 195 cm³/mol. The summed E-state index contributed by atoms with van der Waals surface area (Å²) in [5.41, 5.74) is 11.7. The number of nitrogens with two attached hydrogens (primary N) is 2. The van der Waals surface area contributed by atoms with E-state index >= 15 is 0 Å². The number of aromatic hydroxyl groups is 1. The van der Waals surface area contributed by atoms with Crippen molar-refractivity contribution in [3.8, 4) is 5.75 Å². The van der Waals surface area contributed by atoms with Gasteiger partial charge in [0.2, 0.25) is 35.4 Å². The van der Waals surface area contributed by atoms with Crippen LogP contribution in [-0.4, -0.2) is 169 Å². The Kier molecular flexibility index (Phi) is 16.9. The monoisotopic (exact) mass is 794 g/mol. The first-order valence-corrected chi connectivity index (χ1v) is 18.3. The highest BCUT2D eigenvalue weighted by Gasteiger charge is 2.45. The van der Waals surface area contributed by atoms with Crippen LogP contribution in [0.15, 0.2) is 24.3 Å². The summed E-state index contributed by atoms with van der Waals surface area (Å²) in [6.07, 6.45) is -3.54. The van der Waals surface area contributed by atoms with Gasteiger partial charge in [0.25, 0.3) is 0 Å². The van der Waals surface area contributed by atoms with Crippen LogP contribution in [0.25, 0.3) is 0 Å². The maximum Gasteiger partial charge on any atom is 0.328 e. The van der Waals surface area contributed by atoms with Gasteiger partial charge in [-0.15, -0.1) is 0 Å². The van der Waals surface area contributed by atoms with Crippen molar-refractivity contribution in [2.45, 2.75) is 113 Å². The van der Waals surface area contributed by atoms with Crippen molar-refractivity contribution in [2.75, 3.05) is 26.2 Å². The van der Waals surface area contributed by atoms with Crippen LogP contribution in [0.3, 0.4) is 0 Å². The molecule has 0 saturated carbocycles. The lowest BCUT2D eigenvalue weighted by atomic mass is 10.0. The molecule has 1 aromatic carbocycles. The van der Waals surface area contributed by atoms with E-state index in [9.17, 15) is 64.2 Å². The van der Waals surface area contributed by atoms with E-state index in [1.807, 2.05) is 0 Å². The molecule has 312 valence electrons. The van der Waals surface area contributed by atoms with E-state index in [2.05, 4.69) is 21.3 Å². The molecular formula is C35H54N8O13. The maximum atomic E-state index is 14.1. The number of benzene rings is 1. The number of amides is 6. The molecular weight excluding hydrogens is 740 g/mol. The Morgan fingerprint density at radius 2 is 1.30 bits per heavy atom. The molecule has 1 aromatic rings. The SMILES string of the molecule is C[C@H](N)C(=O)N[C@@H](CCCCN)C(=O)N1C[C@H](O)C[C@H]1C(=O)N[C@@H](CO)C(=O)N[C@@H](Cc1ccc(O)cc1)C(=O)N1C[C@H](O)C[C@H]1C(=O)N[C@H](C(=O)O)[C@@H](C)O. The van der Waals surface area contributed by atoms with Crippen molar-refractivity contribution in [3.63, 3.8) is 0 Å². The lowest BCUT2D eigenvalue weighted by Gasteiger charge is -2.31. The molecule has 2 saturated heterocycles. The highest BCUT2D eigenvalue weighted by molar-refractivity contribution is 5.97. The quantitative estimate of drug-likeness (QED) is 0.0582. The fraction of sp³-hybridized carbons (Fsp3) is 0.629. The summed E-state index contributed by atoms with van der Waals surface area (Å²) in [6, 6.07) is -4.23. The molecule has 2 heterocycles. The summed E-state index contributed by atoms with van der Waals surface area (Å²) < 4.78 is 0. The Labute approximate surface area is 322 Å². The number of β-amino-alcohol motifs (C(OH)–C–C–N with tert-alkyl or cyclic N) is 2. The molecule has 0 aliphatic carbocycles. The third kappa shape index (κ3) is 12.3. The normalized spacial score (nSPS) is 22.6. The van der Waals surface area contributed by atoms with E-state index < -0.39 is 115 Å². The third-order valence-corrected chi connectivity index (χ3v) is 9.56. The minimum atomic E-state index is -1.73. The standard InChI is InChI=1S/C35H54N8O13/c1-17(37)29(49)38-23(5-3-4-10-36)33(53)42-14-21(47)12-26(42)31(51)40-25(16-44)30(50)39-24(11-19-6-8-20(46)9-7-19)34(54)43-15-22(48)13-27(43)32(52)41-28(18(2)45)35(55)56/h6-9,17-18,21-28,44-48H,3-5,10-16,36-37H2,1-2H3,(H,38,49)(H,39,50)(H,40,51)(H,41,52)(H,55,56)/t17-,18+,21+,22+,23-,24-,25-,26-,27-,28-/m0/s1. The van der Waals surface area contributed by atoms with E-state index in [0.717, 1.165) is 16.7 Å². The summed E-state index contributed by atoms with van der Waals surface area (Å²) >= 11 is 0. The average Bonchev–Trinajstić information content (AvgIpc) is 3.74. The number of hydrogen-bond acceptors (Lipinski definition) is 14. The van der Waals surface area contributed by atoms with Gasteiger partial charge in [-0.25, -0.2) is 4.79 Å². The molecule has 6 amide bonds. The lowest BCUT2D eigenvalue weighted by molar-refractivity contribution is -0.147. The number of nitrogens with zero attached hydrogens (tertiary/aromatic N) is 2. The van der Waals surface area contributed by atoms with Crippen molar-refractivity contribution in [1.29, 1.82) is 0 Å². The van der Waals surface area contributed by atoms with Crippen molar-refractivity contribution in [3.05, 3.63) is 29.8 Å². The molecule has 0 radical (unpaired) electrons. The first-order valence-electron chi connectivity index (χ1n) is 18.3. The van der Waals surface area contributed by atoms with Crippen molar-refractivity contribution >= 4 is 41.4 Å². The third-order valence-electron chi connectivity index (χ3n) is 9.56. The number of carbonyl (C=O) groups excluding carboxylic acids is 6. The van der Waals surface area contributed by atoms with E-state index in [0.29, 0.717) is 24.9 Å². The average molecular weight is 795 g/mol. The van der Waals surface area contributed by atoms with E-state index in [1.165, 1.54) is 31.2 Å². The zero-order chi connectivity index (χ0) is 41.9. The van der Waals surface area contributed by atoms with Gasteiger partial charge in [0.15, 0.2) is 6.04 Å². The molecule has 2 fully saturated rings. The number of phenolic OH excluding ortho intramolecular Hbond substituents is 1. The number of carbonyl (C=O) groups is 7. The van der Waals surface area contributed by atoms with Gasteiger partial charge in [-0.1, -0.05) is 12.1 Å². The molecule has 10 atom stereocenters. The smallest absolute Gasteiger partial charge is 0.328 e. The molecule has 14 N–H and O–H groups in total. The molecule has 2 aliphatic heterocycles. The summed E-state index contributed by atoms with van der Waals surface area (Å²) in [6.45, 7) is 1.23. The highest BCUT2D eigenvalue weighted by Crippen LogP contribution is 2.23. The molecule has 3 rings (SSSR count). The summed E-state index contributed by atoms with van der Waals surface area (Å²) in [7, 11) is 0. The van der Waals surface area contributed by atoms with E-state index in [4.69, 9.17) is 11.5 Å². The first-order chi connectivity index (χ1) is 26.4. The number of phenols is 1. The number of hydrogen-bond donors (Lipinski definition) is 12.